The van der Waals surface area contributed by atoms with Crippen molar-refractivity contribution in [3.05, 3.63) is 30.3 Å². The molecular formula is C16H19N5O2. The highest BCUT2D eigenvalue weighted by Gasteiger charge is 2.19. The molecule has 0 aliphatic heterocycles. The summed E-state index contributed by atoms with van der Waals surface area (Å²) in [5, 5.41) is 15.7. The molecule has 1 N–H and O–H groups in total. The zero-order valence-electron chi connectivity index (χ0n) is 13.4. The number of nitriles is 1. The molecule has 7 heteroatoms. The second-order valence-corrected chi connectivity index (χ2v) is 5.88. The molecule has 0 aliphatic rings. The molecule has 0 saturated carbocycles. The Balaban J connectivity index is 2.24. The summed E-state index contributed by atoms with van der Waals surface area (Å²) in [6.45, 7) is 5.68. The number of ether oxygens (including phenoxy) is 1. The van der Waals surface area contributed by atoms with Crippen LogP contribution in [0, 0.1) is 11.3 Å². The van der Waals surface area contributed by atoms with Gasteiger partial charge in [0.15, 0.2) is 5.82 Å². The van der Waals surface area contributed by atoms with Crippen molar-refractivity contribution < 1.29 is 9.53 Å². The summed E-state index contributed by atoms with van der Waals surface area (Å²) in [6, 6.07) is 11.5. The predicted molar refractivity (Wildman–Crippen MR) is 85.5 cm³/mol. The summed E-state index contributed by atoms with van der Waals surface area (Å²) in [7, 11) is 0. The van der Waals surface area contributed by atoms with Gasteiger partial charge in [-0.25, -0.2) is 9.48 Å². The van der Waals surface area contributed by atoms with E-state index in [9.17, 15) is 4.79 Å². The van der Waals surface area contributed by atoms with Gasteiger partial charge in [-0.15, -0.1) is 5.10 Å². The molecule has 0 spiro atoms. The third-order valence-corrected chi connectivity index (χ3v) is 2.75. The molecule has 0 fully saturated rings. The monoisotopic (exact) mass is 313 g/mol. The van der Waals surface area contributed by atoms with Crippen LogP contribution in [0.1, 0.15) is 27.2 Å². The van der Waals surface area contributed by atoms with Crippen molar-refractivity contribution in [2.75, 3.05) is 5.32 Å². The van der Waals surface area contributed by atoms with Crippen LogP contribution >= 0.6 is 0 Å². The largest absolute Gasteiger partial charge is 0.444 e. The van der Waals surface area contributed by atoms with E-state index in [0.717, 1.165) is 5.56 Å². The van der Waals surface area contributed by atoms with Gasteiger partial charge >= 0.3 is 6.09 Å². The fourth-order valence-electron chi connectivity index (χ4n) is 1.85. The number of carbonyl (C=O) groups excluding carboxylic acids is 1. The first-order chi connectivity index (χ1) is 10.9. The highest BCUT2D eigenvalue weighted by Crippen LogP contribution is 2.18. The second kappa shape index (κ2) is 6.92. The van der Waals surface area contributed by atoms with Crippen LogP contribution < -0.4 is 5.32 Å². The van der Waals surface area contributed by atoms with Gasteiger partial charge in [-0.1, -0.05) is 30.3 Å². The van der Waals surface area contributed by atoms with Crippen LogP contribution in [-0.4, -0.2) is 26.5 Å². The molecule has 0 atom stereocenters. The number of amides is 1. The molecule has 0 aliphatic carbocycles. The fraction of sp³-hybridized carbons (Fsp3) is 0.375. The fourth-order valence-corrected chi connectivity index (χ4v) is 1.85. The Morgan fingerprint density at radius 2 is 2.04 bits per heavy atom. The van der Waals surface area contributed by atoms with Gasteiger partial charge in [-0.2, -0.15) is 10.2 Å². The summed E-state index contributed by atoms with van der Waals surface area (Å²) >= 11 is 0. The third-order valence-electron chi connectivity index (χ3n) is 2.75. The summed E-state index contributed by atoms with van der Waals surface area (Å²) in [4.78, 5) is 16.3. The van der Waals surface area contributed by atoms with Crippen molar-refractivity contribution in [1.29, 1.82) is 5.26 Å². The molecule has 0 radical (unpaired) electrons. The molecule has 7 nitrogen and oxygen atoms in total. The van der Waals surface area contributed by atoms with Gasteiger partial charge in [0.25, 0.3) is 0 Å². The number of rotatable bonds is 4. The maximum absolute atomic E-state index is 11.9. The third kappa shape index (κ3) is 4.81. The lowest BCUT2D eigenvalue weighted by Gasteiger charge is -2.19. The van der Waals surface area contributed by atoms with E-state index < -0.39 is 11.7 Å². The Morgan fingerprint density at radius 3 is 2.65 bits per heavy atom. The van der Waals surface area contributed by atoms with Crippen LogP contribution in [0.4, 0.5) is 10.7 Å². The molecule has 0 bridgehead atoms. The molecule has 120 valence electrons. The number of carbonyl (C=O) groups is 1. The standard InChI is InChI=1S/C16H19N5O2/c1-16(2,3)23-15(22)19-14-18-13(12-8-5-4-6-9-12)20-21(14)11-7-10-17/h4-6,8-9H,7,11H2,1-3H3,(H,18,19,20,22). The molecule has 2 rings (SSSR count). The van der Waals surface area contributed by atoms with E-state index in [1.807, 2.05) is 30.3 Å². The lowest BCUT2D eigenvalue weighted by Crippen LogP contribution is -2.28. The lowest BCUT2D eigenvalue weighted by molar-refractivity contribution is 0.0634. The number of aryl methyl sites for hydroxylation is 1. The minimum atomic E-state index is -0.609. The molecule has 1 amide bonds. The Labute approximate surface area is 134 Å². The zero-order valence-corrected chi connectivity index (χ0v) is 13.4. The van der Waals surface area contributed by atoms with Crippen LogP contribution in [0.15, 0.2) is 30.3 Å². The van der Waals surface area contributed by atoms with Gasteiger partial charge in [0.05, 0.1) is 19.0 Å². The summed E-state index contributed by atoms with van der Waals surface area (Å²) < 4.78 is 6.72. The van der Waals surface area contributed by atoms with E-state index in [-0.39, 0.29) is 12.4 Å². The van der Waals surface area contributed by atoms with E-state index in [1.165, 1.54) is 4.68 Å². The van der Waals surface area contributed by atoms with E-state index in [2.05, 4.69) is 21.5 Å². The average molecular weight is 313 g/mol. The van der Waals surface area contributed by atoms with Crippen LogP contribution in [0.3, 0.4) is 0 Å². The van der Waals surface area contributed by atoms with Crippen LogP contribution in [0.2, 0.25) is 0 Å². The first-order valence-electron chi connectivity index (χ1n) is 7.26. The Hall–Kier alpha value is -2.88. The molecule has 0 unspecified atom stereocenters. The van der Waals surface area contributed by atoms with Gasteiger partial charge in [0.1, 0.15) is 5.60 Å². The quantitative estimate of drug-likeness (QED) is 0.935. The maximum atomic E-state index is 11.9. The minimum absolute atomic E-state index is 0.258. The number of anilines is 1. The molecule has 1 aromatic heterocycles. The second-order valence-electron chi connectivity index (χ2n) is 5.88. The van der Waals surface area contributed by atoms with Crippen LogP contribution in [-0.2, 0) is 11.3 Å². The van der Waals surface area contributed by atoms with E-state index in [1.54, 1.807) is 20.8 Å². The van der Waals surface area contributed by atoms with Crippen molar-refractivity contribution in [3.63, 3.8) is 0 Å². The van der Waals surface area contributed by atoms with Gasteiger partial charge in [0, 0.05) is 5.56 Å². The van der Waals surface area contributed by atoms with Crippen LogP contribution in [0.25, 0.3) is 11.4 Å². The number of nitrogens with zero attached hydrogens (tertiary/aromatic N) is 4. The number of nitrogens with one attached hydrogen (secondary N) is 1. The Morgan fingerprint density at radius 1 is 1.35 bits per heavy atom. The first-order valence-corrected chi connectivity index (χ1v) is 7.26. The number of aromatic nitrogens is 3. The van der Waals surface area contributed by atoms with E-state index in [0.29, 0.717) is 12.4 Å². The topological polar surface area (TPSA) is 92.8 Å². The molecular weight excluding hydrogens is 294 g/mol. The highest BCUT2D eigenvalue weighted by molar-refractivity contribution is 5.83. The summed E-state index contributed by atoms with van der Waals surface area (Å²) in [5.74, 6) is 0.739. The summed E-state index contributed by atoms with van der Waals surface area (Å²) in [5.41, 5.74) is 0.222. The summed E-state index contributed by atoms with van der Waals surface area (Å²) in [6.07, 6.45) is -0.344. The molecule has 1 aromatic carbocycles. The smallest absolute Gasteiger partial charge is 0.414 e. The number of hydrogen-bond acceptors (Lipinski definition) is 5. The SMILES string of the molecule is CC(C)(C)OC(=O)Nc1nc(-c2ccccc2)nn1CCC#N. The van der Waals surface area contributed by atoms with Crippen molar-refractivity contribution >= 4 is 12.0 Å². The van der Waals surface area contributed by atoms with Gasteiger partial charge in [-0.3, -0.25) is 5.32 Å². The average Bonchev–Trinajstić information content (AvgIpc) is 2.87. The predicted octanol–water partition coefficient (Wildman–Crippen LogP) is 3.21. The highest BCUT2D eigenvalue weighted by atomic mass is 16.6. The maximum Gasteiger partial charge on any atom is 0.414 e. The first kappa shape index (κ1) is 16.5. The number of hydrogen-bond donors (Lipinski definition) is 1. The van der Waals surface area contributed by atoms with Gasteiger partial charge in [0.2, 0.25) is 5.95 Å². The lowest BCUT2D eigenvalue weighted by atomic mass is 10.2. The van der Waals surface area contributed by atoms with Crippen LogP contribution in [0.5, 0.6) is 0 Å². The van der Waals surface area contributed by atoms with Crippen molar-refractivity contribution in [2.24, 2.45) is 0 Å². The van der Waals surface area contributed by atoms with Crippen molar-refractivity contribution in [1.82, 2.24) is 14.8 Å². The molecule has 1 heterocycles. The minimum Gasteiger partial charge on any atom is -0.444 e. The molecule has 2 aromatic rings. The van der Waals surface area contributed by atoms with E-state index in [4.69, 9.17) is 10.00 Å². The van der Waals surface area contributed by atoms with E-state index >= 15 is 0 Å². The zero-order chi connectivity index (χ0) is 16.9. The van der Waals surface area contributed by atoms with Gasteiger partial charge in [-0.05, 0) is 20.8 Å². The van der Waals surface area contributed by atoms with Gasteiger partial charge < -0.3 is 4.74 Å². The van der Waals surface area contributed by atoms with Crippen molar-refractivity contribution in [2.45, 2.75) is 39.3 Å². The Kier molecular flexibility index (Phi) is 4.96. The normalized spacial score (nSPS) is 10.9. The molecule has 23 heavy (non-hydrogen) atoms. The Bertz CT molecular complexity index is 710. The van der Waals surface area contributed by atoms with Crippen molar-refractivity contribution in [3.8, 4) is 17.5 Å². The molecule has 0 saturated heterocycles. The number of benzene rings is 1.